The standard InChI is InChI=1S/C13H20N4O/c1-8-11(14)16-13(9-4-5-9)17-12(8)15-7-10-3-2-6-18-10/h9-10H,2-7H2,1H3,(H3,14,15,16,17). The summed E-state index contributed by atoms with van der Waals surface area (Å²) in [5.41, 5.74) is 6.89. The van der Waals surface area contributed by atoms with Crippen LogP contribution in [0.5, 0.6) is 0 Å². The number of hydrogen-bond donors (Lipinski definition) is 2. The lowest BCUT2D eigenvalue weighted by Gasteiger charge is -2.14. The molecule has 1 saturated carbocycles. The van der Waals surface area contributed by atoms with Gasteiger partial charge in [0, 0.05) is 24.6 Å². The van der Waals surface area contributed by atoms with Crippen molar-refractivity contribution in [1.29, 1.82) is 0 Å². The van der Waals surface area contributed by atoms with Crippen LogP contribution < -0.4 is 11.1 Å². The van der Waals surface area contributed by atoms with E-state index in [1.165, 1.54) is 12.8 Å². The number of hydrogen-bond acceptors (Lipinski definition) is 5. The Morgan fingerprint density at radius 1 is 1.33 bits per heavy atom. The average Bonchev–Trinajstić information content (AvgIpc) is 3.08. The van der Waals surface area contributed by atoms with E-state index >= 15 is 0 Å². The van der Waals surface area contributed by atoms with Gasteiger partial charge in [-0.05, 0) is 32.6 Å². The molecule has 1 unspecified atom stereocenters. The molecule has 1 aliphatic heterocycles. The molecule has 2 aliphatic rings. The highest BCUT2D eigenvalue weighted by Gasteiger charge is 2.28. The second kappa shape index (κ2) is 4.72. The van der Waals surface area contributed by atoms with Gasteiger partial charge in [0.2, 0.25) is 0 Å². The molecule has 1 saturated heterocycles. The second-order valence-corrected chi connectivity index (χ2v) is 5.23. The zero-order valence-electron chi connectivity index (χ0n) is 10.8. The van der Waals surface area contributed by atoms with Crippen LogP contribution in [0.3, 0.4) is 0 Å². The Morgan fingerprint density at radius 2 is 2.17 bits per heavy atom. The van der Waals surface area contributed by atoms with Gasteiger partial charge in [0.25, 0.3) is 0 Å². The van der Waals surface area contributed by atoms with Gasteiger partial charge in [-0.25, -0.2) is 9.97 Å². The van der Waals surface area contributed by atoms with Gasteiger partial charge in [-0.15, -0.1) is 0 Å². The maximum atomic E-state index is 5.95. The van der Waals surface area contributed by atoms with Crippen LogP contribution in [0, 0.1) is 6.92 Å². The number of anilines is 2. The molecule has 18 heavy (non-hydrogen) atoms. The van der Waals surface area contributed by atoms with Crippen molar-refractivity contribution in [2.24, 2.45) is 0 Å². The van der Waals surface area contributed by atoms with Gasteiger partial charge in [0.05, 0.1) is 6.10 Å². The molecule has 3 rings (SSSR count). The van der Waals surface area contributed by atoms with Crippen molar-refractivity contribution in [3.63, 3.8) is 0 Å². The number of nitrogens with one attached hydrogen (secondary N) is 1. The molecule has 0 radical (unpaired) electrons. The van der Waals surface area contributed by atoms with Crippen LogP contribution in [-0.4, -0.2) is 29.2 Å². The summed E-state index contributed by atoms with van der Waals surface area (Å²) in [7, 11) is 0. The van der Waals surface area contributed by atoms with Gasteiger partial charge >= 0.3 is 0 Å². The van der Waals surface area contributed by atoms with Crippen molar-refractivity contribution >= 4 is 11.6 Å². The number of aromatic nitrogens is 2. The summed E-state index contributed by atoms with van der Waals surface area (Å²) in [6, 6.07) is 0. The summed E-state index contributed by atoms with van der Waals surface area (Å²) >= 11 is 0. The van der Waals surface area contributed by atoms with E-state index in [-0.39, 0.29) is 0 Å². The van der Waals surface area contributed by atoms with Crippen LogP contribution in [0.15, 0.2) is 0 Å². The molecule has 98 valence electrons. The molecule has 5 heteroatoms. The number of rotatable bonds is 4. The van der Waals surface area contributed by atoms with E-state index in [2.05, 4.69) is 15.3 Å². The van der Waals surface area contributed by atoms with Crippen LogP contribution in [0.25, 0.3) is 0 Å². The van der Waals surface area contributed by atoms with Crippen LogP contribution in [-0.2, 0) is 4.74 Å². The zero-order chi connectivity index (χ0) is 12.5. The van der Waals surface area contributed by atoms with E-state index in [4.69, 9.17) is 10.5 Å². The van der Waals surface area contributed by atoms with E-state index in [9.17, 15) is 0 Å². The van der Waals surface area contributed by atoms with Gasteiger partial charge in [-0.3, -0.25) is 0 Å². The van der Waals surface area contributed by atoms with Gasteiger partial charge < -0.3 is 15.8 Å². The van der Waals surface area contributed by atoms with Crippen LogP contribution in [0.4, 0.5) is 11.6 Å². The average molecular weight is 248 g/mol. The van der Waals surface area contributed by atoms with Crippen LogP contribution in [0.2, 0.25) is 0 Å². The minimum Gasteiger partial charge on any atom is -0.383 e. The van der Waals surface area contributed by atoms with Gasteiger partial charge in [0.15, 0.2) is 0 Å². The van der Waals surface area contributed by atoms with E-state index in [1.807, 2.05) is 6.92 Å². The lowest BCUT2D eigenvalue weighted by Crippen LogP contribution is -2.20. The van der Waals surface area contributed by atoms with Crippen molar-refractivity contribution in [2.75, 3.05) is 24.2 Å². The number of nitrogens with zero attached hydrogens (tertiary/aromatic N) is 2. The minimum atomic E-state index is 0.310. The molecular weight excluding hydrogens is 228 g/mol. The first-order chi connectivity index (χ1) is 8.74. The monoisotopic (exact) mass is 248 g/mol. The van der Waals surface area contributed by atoms with Crippen molar-refractivity contribution in [2.45, 2.75) is 44.6 Å². The third-order valence-corrected chi connectivity index (χ3v) is 3.66. The lowest BCUT2D eigenvalue weighted by molar-refractivity contribution is 0.120. The maximum Gasteiger partial charge on any atom is 0.136 e. The summed E-state index contributed by atoms with van der Waals surface area (Å²) in [5, 5.41) is 3.36. The molecule has 0 bridgehead atoms. The second-order valence-electron chi connectivity index (χ2n) is 5.23. The fourth-order valence-corrected chi connectivity index (χ4v) is 2.26. The molecule has 2 fully saturated rings. The predicted octanol–water partition coefficient (Wildman–Crippen LogP) is 1.84. The third-order valence-electron chi connectivity index (χ3n) is 3.66. The van der Waals surface area contributed by atoms with Crippen molar-refractivity contribution in [3.05, 3.63) is 11.4 Å². The molecule has 2 heterocycles. The maximum absolute atomic E-state index is 5.95. The van der Waals surface area contributed by atoms with Gasteiger partial charge in [-0.1, -0.05) is 0 Å². The first-order valence-corrected chi connectivity index (χ1v) is 6.73. The van der Waals surface area contributed by atoms with E-state index in [1.54, 1.807) is 0 Å². The summed E-state index contributed by atoms with van der Waals surface area (Å²) in [5.74, 6) is 2.89. The minimum absolute atomic E-state index is 0.310. The van der Waals surface area contributed by atoms with Gasteiger partial charge in [-0.2, -0.15) is 0 Å². The molecule has 3 N–H and O–H groups in total. The highest BCUT2D eigenvalue weighted by molar-refractivity contribution is 5.55. The van der Waals surface area contributed by atoms with Gasteiger partial charge in [0.1, 0.15) is 17.5 Å². The quantitative estimate of drug-likeness (QED) is 0.850. The Balaban J connectivity index is 1.72. The molecule has 0 amide bonds. The Hall–Kier alpha value is -1.36. The van der Waals surface area contributed by atoms with Crippen LogP contribution in [0.1, 0.15) is 43.0 Å². The fraction of sp³-hybridized carbons (Fsp3) is 0.692. The molecule has 1 atom stereocenters. The van der Waals surface area contributed by atoms with Crippen molar-refractivity contribution in [3.8, 4) is 0 Å². The number of nitrogen functional groups attached to an aromatic ring is 1. The van der Waals surface area contributed by atoms with E-state index in [0.29, 0.717) is 17.8 Å². The smallest absolute Gasteiger partial charge is 0.136 e. The van der Waals surface area contributed by atoms with Crippen LogP contribution >= 0.6 is 0 Å². The highest BCUT2D eigenvalue weighted by Crippen LogP contribution is 2.39. The Morgan fingerprint density at radius 3 is 2.83 bits per heavy atom. The molecule has 0 aromatic carbocycles. The SMILES string of the molecule is Cc1c(N)nc(C2CC2)nc1NCC1CCCO1. The summed E-state index contributed by atoms with van der Waals surface area (Å²) in [4.78, 5) is 8.97. The largest absolute Gasteiger partial charge is 0.383 e. The van der Waals surface area contributed by atoms with E-state index in [0.717, 1.165) is 43.2 Å². The van der Waals surface area contributed by atoms with Crippen molar-refractivity contribution < 1.29 is 4.74 Å². The Bertz CT molecular complexity index is 439. The molecule has 5 nitrogen and oxygen atoms in total. The molecule has 0 spiro atoms. The zero-order valence-corrected chi connectivity index (χ0v) is 10.8. The number of ether oxygens (including phenoxy) is 1. The lowest BCUT2D eigenvalue weighted by atomic mass is 10.2. The fourth-order valence-electron chi connectivity index (χ4n) is 2.26. The number of nitrogens with two attached hydrogens (primary N) is 1. The normalized spacial score (nSPS) is 23.3. The third kappa shape index (κ3) is 2.41. The summed E-state index contributed by atoms with van der Waals surface area (Å²) < 4.78 is 5.60. The predicted molar refractivity (Wildman–Crippen MR) is 70.6 cm³/mol. The first kappa shape index (κ1) is 11.7. The summed E-state index contributed by atoms with van der Waals surface area (Å²) in [6.07, 6.45) is 4.97. The highest BCUT2D eigenvalue weighted by atomic mass is 16.5. The topological polar surface area (TPSA) is 73.1 Å². The molecular formula is C13H20N4O. The molecule has 1 aliphatic carbocycles. The summed E-state index contributed by atoms with van der Waals surface area (Å²) in [6.45, 7) is 3.65. The van der Waals surface area contributed by atoms with E-state index < -0.39 is 0 Å². The first-order valence-electron chi connectivity index (χ1n) is 6.73. The van der Waals surface area contributed by atoms with Crippen molar-refractivity contribution in [1.82, 2.24) is 9.97 Å². The molecule has 1 aromatic heterocycles. The Labute approximate surface area is 107 Å². The Kier molecular flexibility index (Phi) is 3.07. The molecule has 1 aromatic rings.